The van der Waals surface area contributed by atoms with E-state index < -0.39 is 0 Å². The van der Waals surface area contributed by atoms with Crippen molar-refractivity contribution >= 4 is 5.91 Å². The van der Waals surface area contributed by atoms with E-state index >= 15 is 0 Å². The third-order valence-corrected chi connectivity index (χ3v) is 3.77. The van der Waals surface area contributed by atoms with E-state index in [0.717, 1.165) is 12.0 Å². The highest BCUT2D eigenvalue weighted by Gasteiger charge is 2.13. The molecule has 0 aliphatic carbocycles. The van der Waals surface area contributed by atoms with Gasteiger partial charge in [-0.05, 0) is 38.5 Å². The summed E-state index contributed by atoms with van der Waals surface area (Å²) in [6, 6.07) is 5.38. The molecule has 1 heterocycles. The topological polar surface area (TPSA) is 95.7 Å². The lowest BCUT2D eigenvalue weighted by Crippen LogP contribution is -2.25. The number of benzene rings is 1. The maximum atomic E-state index is 11.9. The van der Waals surface area contributed by atoms with Crippen LogP contribution in [0.5, 0.6) is 11.5 Å². The van der Waals surface area contributed by atoms with Gasteiger partial charge in [-0.3, -0.25) is 4.79 Å². The van der Waals surface area contributed by atoms with Gasteiger partial charge in [0.05, 0.1) is 20.3 Å². The number of nitrogens with one attached hydrogen (secondary N) is 1. The largest absolute Gasteiger partial charge is 0.493 e. The second-order valence-electron chi connectivity index (χ2n) is 6.20. The summed E-state index contributed by atoms with van der Waals surface area (Å²) in [4.78, 5) is 16.2. The normalized spacial score (nSPS) is 10.9. The van der Waals surface area contributed by atoms with Crippen molar-refractivity contribution in [2.24, 2.45) is 0 Å². The minimum atomic E-state index is -0.0505. The smallest absolute Gasteiger partial charge is 0.227 e. The molecule has 8 heteroatoms. The van der Waals surface area contributed by atoms with Crippen molar-refractivity contribution in [3.05, 3.63) is 24.1 Å². The first-order valence-corrected chi connectivity index (χ1v) is 8.96. The molecule has 0 saturated carbocycles. The van der Waals surface area contributed by atoms with Gasteiger partial charge in [0.1, 0.15) is 0 Å². The molecule has 1 aromatic carbocycles. The number of aryl methyl sites for hydroxylation is 1. The molecule has 0 spiro atoms. The lowest BCUT2D eigenvalue weighted by Gasteiger charge is -2.07. The van der Waals surface area contributed by atoms with Gasteiger partial charge in [-0.15, -0.1) is 0 Å². The number of carbonyl (C=O) groups is 1. The van der Waals surface area contributed by atoms with E-state index in [1.54, 1.807) is 26.4 Å². The van der Waals surface area contributed by atoms with Gasteiger partial charge in [0, 0.05) is 31.6 Å². The summed E-state index contributed by atoms with van der Waals surface area (Å²) < 4.78 is 21.2. The molecule has 0 aliphatic heterocycles. The number of nitrogens with zero attached hydrogens (tertiary/aromatic N) is 2. The lowest BCUT2D eigenvalue weighted by molar-refractivity contribution is -0.121. The Morgan fingerprint density at radius 3 is 2.70 bits per heavy atom. The molecule has 0 aliphatic rings. The molecule has 0 atom stereocenters. The number of hydrogen-bond donors (Lipinski definition) is 1. The molecular weight excluding hydrogens is 350 g/mol. The van der Waals surface area contributed by atoms with Crippen molar-refractivity contribution in [2.75, 3.05) is 27.4 Å². The first-order chi connectivity index (χ1) is 13.0. The molecule has 1 aromatic heterocycles. The Morgan fingerprint density at radius 2 is 2.00 bits per heavy atom. The van der Waals surface area contributed by atoms with Gasteiger partial charge in [0.15, 0.2) is 11.5 Å². The summed E-state index contributed by atoms with van der Waals surface area (Å²) in [5.74, 6) is 2.02. The maximum Gasteiger partial charge on any atom is 0.227 e. The molecule has 0 unspecified atom stereocenters. The van der Waals surface area contributed by atoms with E-state index in [0.29, 0.717) is 49.2 Å². The fourth-order valence-corrected chi connectivity index (χ4v) is 2.38. The zero-order valence-corrected chi connectivity index (χ0v) is 16.3. The van der Waals surface area contributed by atoms with Crippen LogP contribution < -0.4 is 14.8 Å². The minimum absolute atomic E-state index is 0.0505. The van der Waals surface area contributed by atoms with Crippen LogP contribution in [0.2, 0.25) is 0 Å². The van der Waals surface area contributed by atoms with Crippen molar-refractivity contribution in [3.63, 3.8) is 0 Å². The summed E-state index contributed by atoms with van der Waals surface area (Å²) in [6.45, 7) is 5.20. The molecule has 1 N–H and O–H groups in total. The Balaban J connectivity index is 1.81. The fraction of sp³-hybridized carbons (Fsp3) is 0.526. The number of aromatic nitrogens is 2. The van der Waals surface area contributed by atoms with Crippen molar-refractivity contribution in [1.82, 2.24) is 15.5 Å². The molecule has 8 nitrogen and oxygen atoms in total. The number of hydrogen-bond acceptors (Lipinski definition) is 7. The van der Waals surface area contributed by atoms with E-state index in [-0.39, 0.29) is 12.0 Å². The first kappa shape index (κ1) is 20.7. The Kier molecular flexibility index (Phi) is 8.06. The SMILES string of the molecule is COc1ccc(-c2noc(CCC(=O)NCCCOC(C)C)n2)cc1OC. The number of amides is 1. The van der Waals surface area contributed by atoms with Crippen molar-refractivity contribution < 1.29 is 23.5 Å². The van der Waals surface area contributed by atoms with E-state index in [1.165, 1.54) is 0 Å². The number of methoxy groups -OCH3 is 2. The number of carbonyl (C=O) groups excluding carboxylic acids is 1. The zero-order valence-electron chi connectivity index (χ0n) is 16.3. The third-order valence-electron chi connectivity index (χ3n) is 3.77. The van der Waals surface area contributed by atoms with Crippen LogP contribution in [0.1, 0.15) is 32.6 Å². The second kappa shape index (κ2) is 10.5. The standard InChI is InChI=1S/C19H27N3O5/c1-13(2)26-11-5-10-20-17(23)8-9-18-21-19(22-27-18)14-6-7-15(24-3)16(12-14)25-4/h6-7,12-13H,5,8-11H2,1-4H3,(H,20,23). The Bertz CT molecular complexity index is 730. The van der Waals surface area contributed by atoms with Crippen LogP contribution in [0, 0.1) is 0 Å². The van der Waals surface area contributed by atoms with Crippen LogP contribution in [0.25, 0.3) is 11.4 Å². The maximum absolute atomic E-state index is 11.9. The molecule has 0 saturated heterocycles. The summed E-state index contributed by atoms with van der Waals surface area (Å²) in [5, 5.41) is 6.82. The van der Waals surface area contributed by atoms with Gasteiger partial charge in [-0.2, -0.15) is 4.98 Å². The first-order valence-electron chi connectivity index (χ1n) is 8.96. The minimum Gasteiger partial charge on any atom is -0.493 e. The fourth-order valence-electron chi connectivity index (χ4n) is 2.38. The van der Waals surface area contributed by atoms with Crippen LogP contribution >= 0.6 is 0 Å². The predicted molar refractivity (Wildman–Crippen MR) is 99.9 cm³/mol. The molecule has 27 heavy (non-hydrogen) atoms. The molecule has 0 bridgehead atoms. The highest BCUT2D eigenvalue weighted by molar-refractivity contribution is 5.76. The summed E-state index contributed by atoms with van der Waals surface area (Å²) in [5.41, 5.74) is 0.747. The molecule has 148 valence electrons. The van der Waals surface area contributed by atoms with Gasteiger partial charge in [0.25, 0.3) is 0 Å². The summed E-state index contributed by atoms with van der Waals surface area (Å²) in [7, 11) is 3.14. The van der Waals surface area contributed by atoms with E-state index in [4.69, 9.17) is 18.7 Å². The van der Waals surface area contributed by atoms with Crippen molar-refractivity contribution in [1.29, 1.82) is 0 Å². The highest BCUT2D eigenvalue weighted by atomic mass is 16.5. The summed E-state index contributed by atoms with van der Waals surface area (Å²) in [6.07, 6.45) is 1.67. The second-order valence-corrected chi connectivity index (χ2v) is 6.20. The number of ether oxygens (including phenoxy) is 3. The Morgan fingerprint density at radius 1 is 1.22 bits per heavy atom. The average molecular weight is 377 g/mol. The van der Waals surface area contributed by atoms with Crippen molar-refractivity contribution in [3.8, 4) is 22.9 Å². The highest BCUT2D eigenvalue weighted by Crippen LogP contribution is 2.31. The van der Waals surface area contributed by atoms with E-state index in [2.05, 4.69) is 15.5 Å². The van der Waals surface area contributed by atoms with Gasteiger partial charge in [-0.25, -0.2) is 0 Å². The molecular formula is C19H27N3O5. The van der Waals surface area contributed by atoms with Gasteiger partial charge < -0.3 is 24.1 Å². The number of rotatable bonds is 11. The molecule has 0 radical (unpaired) electrons. The van der Waals surface area contributed by atoms with E-state index in [9.17, 15) is 4.79 Å². The van der Waals surface area contributed by atoms with Gasteiger partial charge in [-0.1, -0.05) is 5.16 Å². The van der Waals surface area contributed by atoms with Gasteiger partial charge in [0.2, 0.25) is 17.6 Å². The van der Waals surface area contributed by atoms with Crippen LogP contribution in [-0.4, -0.2) is 49.5 Å². The van der Waals surface area contributed by atoms with E-state index in [1.807, 2.05) is 19.9 Å². The summed E-state index contributed by atoms with van der Waals surface area (Å²) >= 11 is 0. The van der Waals surface area contributed by atoms with Crippen LogP contribution in [0.15, 0.2) is 22.7 Å². The third kappa shape index (κ3) is 6.56. The van der Waals surface area contributed by atoms with Gasteiger partial charge >= 0.3 is 0 Å². The lowest BCUT2D eigenvalue weighted by atomic mass is 10.2. The predicted octanol–water partition coefficient (Wildman–Crippen LogP) is 2.62. The Labute approximate surface area is 159 Å². The molecule has 2 aromatic rings. The van der Waals surface area contributed by atoms with Crippen LogP contribution in [0.3, 0.4) is 0 Å². The average Bonchev–Trinajstić information content (AvgIpc) is 3.14. The zero-order chi connectivity index (χ0) is 19.6. The monoisotopic (exact) mass is 377 g/mol. The quantitative estimate of drug-likeness (QED) is 0.601. The Hall–Kier alpha value is -2.61. The molecule has 1 amide bonds. The van der Waals surface area contributed by atoms with Crippen molar-refractivity contribution in [2.45, 2.75) is 39.2 Å². The van der Waals surface area contributed by atoms with Crippen LogP contribution in [0.4, 0.5) is 0 Å². The molecule has 0 fully saturated rings. The molecule has 2 rings (SSSR count). The van der Waals surface area contributed by atoms with Crippen LogP contribution in [-0.2, 0) is 16.0 Å².